The van der Waals surface area contributed by atoms with Crippen molar-refractivity contribution >= 4 is 17.3 Å². The molecule has 1 atom stereocenters. The van der Waals surface area contributed by atoms with E-state index < -0.39 is 30.0 Å². The standard InChI is InChI=1S/C31H26ClF6NO3/c1-2-21-16-26(13-14-28(21)32)41-25-7-4-6-24(17-25)39(18-20-5-3-8-27(15-20)42-31(36,37)38)19-29(40)22-9-11-23(12-10-22)30(33,34)35/h3-17,29,40H,2,18-19H2,1H3. The van der Waals surface area contributed by atoms with E-state index in [0.29, 0.717) is 34.2 Å². The summed E-state index contributed by atoms with van der Waals surface area (Å²) in [6, 6.07) is 21.6. The third-order valence-corrected chi connectivity index (χ3v) is 6.71. The lowest BCUT2D eigenvalue weighted by molar-refractivity contribution is -0.274. The number of aryl methyl sites for hydroxylation is 1. The molecule has 4 aromatic rings. The first-order valence-corrected chi connectivity index (χ1v) is 13.2. The van der Waals surface area contributed by atoms with E-state index in [4.69, 9.17) is 16.3 Å². The van der Waals surface area contributed by atoms with Crippen LogP contribution in [-0.2, 0) is 19.1 Å². The summed E-state index contributed by atoms with van der Waals surface area (Å²) in [6.45, 7) is 1.90. The molecular formula is C31H26ClF6NO3. The monoisotopic (exact) mass is 609 g/mol. The number of rotatable bonds is 10. The van der Waals surface area contributed by atoms with Crippen LogP contribution in [0.1, 0.15) is 35.3 Å². The van der Waals surface area contributed by atoms with Crippen molar-refractivity contribution in [3.05, 3.63) is 118 Å². The van der Waals surface area contributed by atoms with Crippen molar-refractivity contribution < 1.29 is 40.9 Å². The van der Waals surface area contributed by atoms with Gasteiger partial charge in [-0.25, -0.2) is 0 Å². The van der Waals surface area contributed by atoms with Gasteiger partial charge in [-0.05, 0) is 77.7 Å². The molecule has 0 bridgehead atoms. The Balaban J connectivity index is 1.63. The maximum absolute atomic E-state index is 13.0. The third kappa shape index (κ3) is 8.56. The smallest absolute Gasteiger partial charge is 0.457 e. The number of aliphatic hydroxyl groups is 1. The van der Waals surface area contributed by atoms with Crippen molar-refractivity contribution in [2.45, 2.75) is 38.5 Å². The first-order chi connectivity index (χ1) is 19.8. The molecule has 4 nitrogen and oxygen atoms in total. The van der Waals surface area contributed by atoms with E-state index in [0.717, 1.165) is 17.7 Å². The van der Waals surface area contributed by atoms with E-state index in [9.17, 15) is 31.4 Å². The number of aliphatic hydroxyl groups excluding tert-OH is 1. The lowest BCUT2D eigenvalue weighted by atomic mass is 10.1. The van der Waals surface area contributed by atoms with Gasteiger partial charge in [0.05, 0.1) is 11.7 Å². The lowest BCUT2D eigenvalue weighted by Crippen LogP contribution is -2.28. The van der Waals surface area contributed by atoms with Gasteiger partial charge in [0.15, 0.2) is 0 Å². The van der Waals surface area contributed by atoms with Crippen LogP contribution in [0.4, 0.5) is 32.0 Å². The van der Waals surface area contributed by atoms with Crippen molar-refractivity contribution in [1.82, 2.24) is 0 Å². The molecule has 0 spiro atoms. The van der Waals surface area contributed by atoms with Gasteiger partial charge in [-0.3, -0.25) is 0 Å². The van der Waals surface area contributed by atoms with Gasteiger partial charge in [0, 0.05) is 29.9 Å². The molecule has 11 heteroatoms. The first-order valence-electron chi connectivity index (χ1n) is 12.8. The number of hydrogen-bond donors (Lipinski definition) is 1. The molecule has 0 saturated carbocycles. The Hall–Kier alpha value is -3.89. The third-order valence-electron chi connectivity index (χ3n) is 6.34. The molecule has 0 heterocycles. The summed E-state index contributed by atoms with van der Waals surface area (Å²) >= 11 is 6.21. The highest BCUT2D eigenvalue weighted by Gasteiger charge is 2.31. The lowest BCUT2D eigenvalue weighted by Gasteiger charge is -2.28. The van der Waals surface area contributed by atoms with Crippen LogP contribution in [0, 0.1) is 0 Å². The first kappa shape index (κ1) is 31.1. The predicted molar refractivity (Wildman–Crippen MR) is 148 cm³/mol. The van der Waals surface area contributed by atoms with Crippen molar-refractivity contribution in [1.29, 1.82) is 0 Å². The zero-order chi connectivity index (χ0) is 30.5. The topological polar surface area (TPSA) is 41.9 Å². The molecule has 222 valence electrons. The Morgan fingerprint density at radius 2 is 1.48 bits per heavy atom. The number of alkyl halides is 6. The molecule has 0 aromatic heterocycles. The average molecular weight is 610 g/mol. The van der Waals surface area contributed by atoms with Gasteiger partial charge in [0.1, 0.15) is 17.2 Å². The van der Waals surface area contributed by atoms with Crippen LogP contribution in [0.25, 0.3) is 0 Å². The largest absolute Gasteiger partial charge is 0.573 e. The number of benzene rings is 4. The molecule has 4 rings (SSSR count). The van der Waals surface area contributed by atoms with Crippen LogP contribution in [-0.4, -0.2) is 18.0 Å². The van der Waals surface area contributed by atoms with E-state index in [1.807, 2.05) is 13.0 Å². The van der Waals surface area contributed by atoms with E-state index in [1.165, 1.54) is 30.3 Å². The zero-order valence-electron chi connectivity index (χ0n) is 22.2. The highest BCUT2D eigenvalue weighted by molar-refractivity contribution is 6.31. The second-order valence-electron chi connectivity index (χ2n) is 9.42. The molecule has 0 saturated heterocycles. The normalized spacial score (nSPS) is 12.6. The molecule has 0 aliphatic carbocycles. The summed E-state index contributed by atoms with van der Waals surface area (Å²) in [6.07, 6.45) is -9.93. The van der Waals surface area contributed by atoms with Crippen LogP contribution in [0.2, 0.25) is 5.02 Å². The van der Waals surface area contributed by atoms with E-state index in [2.05, 4.69) is 4.74 Å². The van der Waals surface area contributed by atoms with E-state index >= 15 is 0 Å². The summed E-state index contributed by atoms with van der Waals surface area (Å²) < 4.78 is 87.5. The summed E-state index contributed by atoms with van der Waals surface area (Å²) in [5, 5.41) is 11.6. The molecule has 0 amide bonds. The minimum Gasteiger partial charge on any atom is -0.457 e. The van der Waals surface area contributed by atoms with Crippen LogP contribution < -0.4 is 14.4 Å². The molecule has 0 aliphatic rings. The highest BCUT2D eigenvalue weighted by atomic mass is 35.5. The van der Waals surface area contributed by atoms with Crippen LogP contribution in [0.5, 0.6) is 17.2 Å². The fourth-order valence-corrected chi connectivity index (χ4v) is 4.55. The number of hydrogen-bond acceptors (Lipinski definition) is 4. The fraction of sp³-hybridized carbons (Fsp3) is 0.226. The maximum atomic E-state index is 13.0. The van der Waals surface area contributed by atoms with Crippen LogP contribution in [0.3, 0.4) is 0 Å². The molecule has 4 aromatic carbocycles. The Labute approximate surface area is 243 Å². The van der Waals surface area contributed by atoms with Crippen molar-refractivity contribution in [3.63, 3.8) is 0 Å². The summed E-state index contributed by atoms with van der Waals surface area (Å²) in [5.41, 5.74) is 1.27. The fourth-order valence-electron chi connectivity index (χ4n) is 4.30. The van der Waals surface area contributed by atoms with Gasteiger partial charge >= 0.3 is 12.5 Å². The number of nitrogens with zero attached hydrogens (tertiary/aromatic N) is 1. The highest BCUT2D eigenvalue weighted by Crippen LogP contribution is 2.33. The number of halogens is 7. The summed E-state index contributed by atoms with van der Waals surface area (Å²) in [5.74, 6) is 0.580. The van der Waals surface area contributed by atoms with Crippen molar-refractivity contribution in [3.8, 4) is 17.2 Å². The molecule has 0 fully saturated rings. The van der Waals surface area contributed by atoms with Crippen molar-refractivity contribution in [2.24, 2.45) is 0 Å². The van der Waals surface area contributed by atoms with Crippen LogP contribution in [0.15, 0.2) is 91.0 Å². The average Bonchev–Trinajstić information content (AvgIpc) is 2.93. The molecule has 1 N–H and O–H groups in total. The minimum atomic E-state index is -4.87. The maximum Gasteiger partial charge on any atom is 0.573 e. The SMILES string of the molecule is CCc1cc(Oc2cccc(N(Cc3cccc(OC(F)(F)F)c3)CC(O)c3ccc(C(F)(F)F)cc3)c2)ccc1Cl. The van der Waals surface area contributed by atoms with Gasteiger partial charge in [0.2, 0.25) is 0 Å². The van der Waals surface area contributed by atoms with Gasteiger partial charge < -0.3 is 19.5 Å². The van der Waals surface area contributed by atoms with Gasteiger partial charge in [-0.2, -0.15) is 13.2 Å². The second-order valence-corrected chi connectivity index (χ2v) is 9.82. The number of ether oxygens (including phenoxy) is 2. The van der Waals surface area contributed by atoms with Crippen LogP contribution >= 0.6 is 11.6 Å². The Morgan fingerprint density at radius 3 is 2.14 bits per heavy atom. The zero-order valence-corrected chi connectivity index (χ0v) is 23.0. The second kappa shape index (κ2) is 13.0. The van der Waals surface area contributed by atoms with Gasteiger partial charge in [-0.1, -0.05) is 48.9 Å². The molecule has 1 unspecified atom stereocenters. The Kier molecular flexibility index (Phi) is 9.58. The predicted octanol–water partition coefficient (Wildman–Crippen LogP) is 9.35. The van der Waals surface area contributed by atoms with Gasteiger partial charge in [-0.15, -0.1) is 13.2 Å². The van der Waals surface area contributed by atoms with E-state index in [-0.39, 0.29) is 18.7 Å². The molecular weight excluding hydrogens is 584 g/mol. The minimum absolute atomic E-state index is 0.0388. The quantitative estimate of drug-likeness (QED) is 0.182. The Morgan fingerprint density at radius 1 is 0.810 bits per heavy atom. The molecule has 42 heavy (non-hydrogen) atoms. The van der Waals surface area contributed by atoms with Crippen molar-refractivity contribution in [2.75, 3.05) is 11.4 Å². The number of anilines is 1. The summed E-state index contributed by atoms with van der Waals surface area (Å²) in [7, 11) is 0. The molecule has 0 radical (unpaired) electrons. The van der Waals surface area contributed by atoms with Gasteiger partial charge in [0.25, 0.3) is 0 Å². The molecule has 0 aliphatic heterocycles. The Bertz CT molecular complexity index is 1490. The van der Waals surface area contributed by atoms with E-state index in [1.54, 1.807) is 47.4 Å². The summed E-state index contributed by atoms with van der Waals surface area (Å²) in [4.78, 5) is 1.68.